The first kappa shape index (κ1) is 13.4. The van der Waals surface area contributed by atoms with Gasteiger partial charge in [-0.3, -0.25) is 4.98 Å². The highest BCUT2D eigenvalue weighted by molar-refractivity contribution is 5.93. The largest absolute Gasteiger partial charge is 0.368 e. The number of fused-ring (bicyclic) bond motifs is 1. The van der Waals surface area contributed by atoms with Gasteiger partial charge in [-0.05, 0) is 31.7 Å². The third-order valence-electron chi connectivity index (χ3n) is 4.43. The van der Waals surface area contributed by atoms with Crippen LogP contribution in [0.1, 0.15) is 38.2 Å². The summed E-state index contributed by atoms with van der Waals surface area (Å²) < 4.78 is 0. The highest BCUT2D eigenvalue weighted by Crippen LogP contribution is 2.34. The van der Waals surface area contributed by atoms with E-state index >= 15 is 0 Å². The quantitative estimate of drug-likeness (QED) is 0.927. The van der Waals surface area contributed by atoms with E-state index in [1.165, 1.54) is 42.3 Å². The van der Waals surface area contributed by atoms with Crippen LogP contribution >= 0.6 is 0 Å². The number of hydrogen-bond donors (Lipinski definition) is 1. The van der Waals surface area contributed by atoms with Crippen molar-refractivity contribution in [3.8, 4) is 0 Å². The van der Waals surface area contributed by atoms with Crippen LogP contribution in [-0.2, 0) is 6.54 Å². The minimum Gasteiger partial charge on any atom is -0.368 e. The molecule has 0 bridgehead atoms. The summed E-state index contributed by atoms with van der Waals surface area (Å²) in [6, 6.07) is 9.05. The van der Waals surface area contributed by atoms with Crippen LogP contribution in [0.25, 0.3) is 10.9 Å². The Morgan fingerprint density at radius 1 is 1.30 bits per heavy atom. The van der Waals surface area contributed by atoms with Crippen LogP contribution < -0.4 is 10.6 Å². The molecule has 0 spiro atoms. The lowest BCUT2D eigenvalue weighted by Gasteiger charge is -2.38. The first-order valence-corrected chi connectivity index (χ1v) is 7.68. The molecular weight excluding hydrogens is 246 g/mol. The normalized spacial score (nSPS) is 19.5. The third kappa shape index (κ3) is 2.27. The zero-order valence-corrected chi connectivity index (χ0v) is 12.2. The summed E-state index contributed by atoms with van der Waals surface area (Å²) in [5, 5.41) is 1.25. The molecule has 1 aromatic heterocycles. The Morgan fingerprint density at radius 2 is 2.15 bits per heavy atom. The monoisotopic (exact) mass is 269 g/mol. The van der Waals surface area contributed by atoms with Crippen molar-refractivity contribution in [1.29, 1.82) is 0 Å². The second-order valence-corrected chi connectivity index (χ2v) is 5.60. The summed E-state index contributed by atoms with van der Waals surface area (Å²) in [7, 11) is 0. The van der Waals surface area contributed by atoms with E-state index in [-0.39, 0.29) is 0 Å². The van der Waals surface area contributed by atoms with E-state index in [0.29, 0.717) is 12.6 Å². The molecule has 3 nitrogen and oxygen atoms in total. The van der Waals surface area contributed by atoms with Crippen LogP contribution in [0.5, 0.6) is 0 Å². The summed E-state index contributed by atoms with van der Waals surface area (Å²) in [5.74, 6) is 0. The van der Waals surface area contributed by atoms with E-state index in [1.807, 2.05) is 6.20 Å². The van der Waals surface area contributed by atoms with Crippen LogP contribution in [0.4, 0.5) is 5.69 Å². The van der Waals surface area contributed by atoms with Crippen molar-refractivity contribution in [2.24, 2.45) is 5.73 Å². The molecule has 1 fully saturated rings. The van der Waals surface area contributed by atoms with E-state index in [0.717, 1.165) is 12.1 Å². The summed E-state index contributed by atoms with van der Waals surface area (Å²) >= 11 is 0. The summed E-state index contributed by atoms with van der Waals surface area (Å²) in [4.78, 5) is 7.13. The number of rotatable bonds is 3. The SMILES string of the molecule is CCC1CCCCN1c1c(CN)cnc2ccccc12. The third-order valence-corrected chi connectivity index (χ3v) is 4.43. The molecule has 1 aromatic carbocycles. The molecule has 0 saturated carbocycles. The van der Waals surface area contributed by atoms with Crippen LogP contribution in [0.15, 0.2) is 30.5 Å². The minimum atomic E-state index is 0.556. The van der Waals surface area contributed by atoms with E-state index < -0.39 is 0 Å². The molecule has 1 aliphatic rings. The number of aromatic nitrogens is 1. The van der Waals surface area contributed by atoms with Crippen LogP contribution in [-0.4, -0.2) is 17.6 Å². The topological polar surface area (TPSA) is 42.1 Å². The van der Waals surface area contributed by atoms with Gasteiger partial charge in [0.1, 0.15) is 0 Å². The number of nitrogens with two attached hydrogens (primary N) is 1. The fraction of sp³-hybridized carbons (Fsp3) is 0.471. The van der Waals surface area contributed by atoms with Gasteiger partial charge in [-0.15, -0.1) is 0 Å². The number of hydrogen-bond acceptors (Lipinski definition) is 3. The maximum Gasteiger partial charge on any atom is 0.0723 e. The number of para-hydroxylation sites is 1. The van der Waals surface area contributed by atoms with Gasteiger partial charge >= 0.3 is 0 Å². The molecule has 2 heterocycles. The molecule has 3 heteroatoms. The Bertz CT molecular complexity index is 594. The average Bonchev–Trinajstić information content (AvgIpc) is 2.53. The van der Waals surface area contributed by atoms with Crippen molar-refractivity contribution in [3.63, 3.8) is 0 Å². The highest BCUT2D eigenvalue weighted by Gasteiger charge is 2.24. The van der Waals surface area contributed by atoms with Gasteiger partial charge in [0.2, 0.25) is 0 Å². The van der Waals surface area contributed by atoms with E-state index in [4.69, 9.17) is 5.73 Å². The standard InChI is InChI=1S/C17H23N3/c1-2-14-7-5-6-10-20(14)17-13(11-18)12-19-16-9-4-3-8-15(16)17/h3-4,8-9,12,14H,2,5-7,10-11,18H2,1H3. The van der Waals surface area contributed by atoms with Crippen molar-refractivity contribution < 1.29 is 0 Å². The summed E-state index contributed by atoms with van der Waals surface area (Å²) in [5.41, 5.74) is 9.53. The van der Waals surface area contributed by atoms with Gasteiger partial charge in [-0.1, -0.05) is 25.1 Å². The molecule has 3 rings (SSSR count). The predicted molar refractivity (Wildman–Crippen MR) is 84.9 cm³/mol. The molecule has 2 aromatic rings. The van der Waals surface area contributed by atoms with Crippen molar-refractivity contribution in [2.75, 3.05) is 11.4 Å². The summed E-state index contributed by atoms with van der Waals surface area (Å²) in [6.07, 6.45) is 7.06. The maximum absolute atomic E-state index is 5.97. The van der Waals surface area contributed by atoms with Gasteiger partial charge in [0.05, 0.1) is 11.2 Å². The molecule has 1 aliphatic heterocycles. The Morgan fingerprint density at radius 3 is 2.95 bits per heavy atom. The molecule has 0 aliphatic carbocycles. The van der Waals surface area contributed by atoms with E-state index in [9.17, 15) is 0 Å². The number of pyridine rings is 1. The van der Waals surface area contributed by atoms with Crippen molar-refractivity contribution >= 4 is 16.6 Å². The Kier molecular flexibility index (Phi) is 3.88. The molecule has 1 saturated heterocycles. The Hall–Kier alpha value is -1.61. The lowest BCUT2D eigenvalue weighted by atomic mass is 9.97. The molecule has 20 heavy (non-hydrogen) atoms. The van der Waals surface area contributed by atoms with Gasteiger partial charge in [0, 0.05) is 36.3 Å². The second kappa shape index (κ2) is 5.80. The average molecular weight is 269 g/mol. The summed E-state index contributed by atoms with van der Waals surface area (Å²) in [6.45, 7) is 3.98. The first-order valence-electron chi connectivity index (χ1n) is 7.68. The molecule has 1 atom stereocenters. The van der Waals surface area contributed by atoms with E-state index in [1.54, 1.807) is 0 Å². The minimum absolute atomic E-state index is 0.556. The number of piperidine rings is 1. The fourth-order valence-electron chi connectivity index (χ4n) is 3.38. The zero-order valence-electron chi connectivity index (χ0n) is 12.2. The molecule has 2 N–H and O–H groups in total. The zero-order chi connectivity index (χ0) is 13.9. The number of benzene rings is 1. The van der Waals surface area contributed by atoms with Crippen LogP contribution in [0, 0.1) is 0 Å². The highest BCUT2D eigenvalue weighted by atomic mass is 15.2. The molecule has 1 unspecified atom stereocenters. The van der Waals surface area contributed by atoms with Crippen molar-refractivity contribution in [3.05, 3.63) is 36.0 Å². The van der Waals surface area contributed by atoms with Gasteiger partial charge in [-0.2, -0.15) is 0 Å². The lowest BCUT2D eigenvalue weighted by Crippen LogP contribution is -2.40. The van der Waals surface area contributed by atoms with Gasteiger partial charge in [-0.25, -0.2) is 0 Å². The van der Waals surface area contributed by atoms with Crippen molar-refractivity contribution in [2.45, 2.75) is 45.2 Å². The smallest absolute Gasteiger partial charge is 0.0723 e. The van der Waals surface area contributed by atoms with Gasteiger partial charge < -0.3 is 10.6 Å². The molecule has 106 valence electrons. The van der Waals surface area contributed by atoms with Crippen LogP contribution in [0.2, 0.25) is 0 Å². The second-order valence-electron chi connectivity index (χ2n) is 5.60. The first-order chi connectivity index (χ1) is 9.85. The van der Waals surface area contributed by atoms with Crippen LogP contribution in [0.3, 0.4) is 0 Å². The molecule has 0 amide bonds. The molecular formula is C17H23N3. The van der Waals surface area contributed by atoms with Gasteiger partial charge in [0.25, 0.3) is 0 Å². The predicted octanol–water partition coefficient (Wildman–Crippen LogP) is 3.46. The van der Waals surface area contributed by atoms with Crippen molar-refractivity contribution in [1.82, 2.24) is 4.98 Å². The molecule has 0 radical (unpaired) electrons. The Labute approximate surface area is 120 Å². The Balaban J connectivity index is 2.16. The van der Waals surface area contributed by atoms with E-state index in [2.05, 4.69) is 41.1 Å². The lowest BCUT2D eigenvalue weighted by molar-refractivity contribution is 0.450. The number of nitrogens with zero attached hydrogens (tertiary/aromatic N) is 2. The number of anilines is 1. The van der Waals surface area contributed by atoms with Gasteiger partial charge in [0.15, 0.2) is 0 Å². The fourth-order valence-corrected chi connectivity index (χ4v) is 3.38. The maximum atomic E-state index is 5.97.